The first-order chi connectivity index (χ1) is 11.9. The molecular weight excluding hydrogens is 408 g/mol. The van der Waals surface area contributed by atoms with Crippen molar-refractivity contribution in [3.8, 4) is 5.75 Å². The van der Waals surface area contributed by atoms with Gasteiger partial charge in [0.2, 0.25) is 20.7 Å². The van der Waals surface area contributed by atoms with Crippen LogP contribution in [0.15, 0.2) is 79.5 Å². The Morgan fingerprint density at radius 2 is 1.76 bits per heavy atom. The standard InChI is InChI=1S/C18H13BrO5S/c1-12-3-2-4-14(11-12)23-18(20)16-9-10-17(24-16)25(21,22)15-7-5-13(19)6-8-15/h2-11H,1H3. The van der Waals surface area contributed by atoms with Gasteiger partial charge >= 0.3 is 5.97 Å². The molecule has 0 bridgehead atoms. The van der Waals surface area contributed by atoms with Crippen molar-refractivity contribution < 1.29 is 22.4 Å². The van der Waals surface area contributed by atoms with Crippen LogP contribution in [0.2, 0.25) is 0 Å². The molecule has 128 valence electrons. The number of carbonyl (C=O) groups excluding carboxylic acids is 1. The van der Waals surface area contributed by atoms with Crippen LogP contribution in [-0.2, 0) is 9.84 Å². The Balaban J connectivity index is 1.84. The first-order valence-corrected chi connectivity index (χ1v) is 9.53. The van der Waals surface area contributed by atoms with Gasteiger partial charge in [0, 0.05) is 4.47 Å². The number of rotatable bonds is 4. The molecule has 25 heavy (non-hydrogen) atoms. The van der Waals surface area contributed by atoms with Crippen LogP contribution < -0.4 is 4.74 Å². The second-order valence-corrected chi connectivity index (χ2v) is 8.08. The fraction of sp³-hybridized carbons (Fsp3) is 0.0556. The van der Waals surface area contributed by atoms with Crippen LogP contribution in [0.5, 0.6) is 5.75 Å². The maximum absolute atomic E-state index is 12.5. The fourth-order valence-corrected chi connectivity index (χ4v) is 3.58. The van der Waals surface area contributed by atoms with Gasteiger partial charge in [0.25, 0.3) is 0 Å². The van der Waals surface area contributed by atoms with E-state index in [4.69, 9.17) is 9.15 Å². The molecule has 0 unspecified atom stereocenters. The predicted molar refractivity (Wildman–Crippen MR) is 94.4 cm³/mol. The second-order valence-electron chi connectivity index (χ2n) is 5.28. The highest BCUT2D eigenvalue weighted by Gasteiger charge is 2.24. The van der Waals surface area contributed by atoms with E-state index in [2.05, 4.69) is 15.9 Å². The molecule has 0 radical (unpaired) electrons. The highest BCUT2D eigenvalue weighted by atomic mass is 79.9. The molecule has 0 atom stereocenters. The zero-order valence-electron chi connectivity index (χ0n) is 13.1. The van der Waals surface area contributed by atoms with Crippen LogP contribution in [0, 0.1) is 6.92 Å². The number of aryl methyl sites for hydroxylation is 1. The van der Waals surface area contributed by atoms with Crippen molar-refractivity contribution in [2.24, 2.45) is 0 Å². The van der Waals surface area contributed by atoms with Gasteiger partial charge in [0.1, 0.15) is 5.75 Å². The Labute approximate surface area is 153 Å². The van der Waals surface area contributed by atoms with Gasteiger partial charge in [-0.15, -0.1) is 0 Å². The number of hydrogen-bond acceptors (Lipinski definition) is 5. The molecule has 3 aromatic rings. The Kier molecular flexibility index (Phi) is 4.78. The largest absolute Gasteiger partial charge is 0.437 e. The molecule has 0 saturated heterocycles. The molecule has 0 amide bonds. The minimum Gasteiger partial charge on any atom is -0.437 e. The SMILES string of the molecule is Cc1cccc(OC(=O)c2ccc(S(=O)(=O)c3ccc(Br)cc3)o2)c1. The van der Waals surface area contributed by atoms with Crippen molar-refractivity contribution in [3.63, 3.8) is 0 Å². The smallest absolute Gasteiger partial charge is 0.379 e. The van der Waals surface area contributed by atoms with E-state index < -0.39 is 15.8 Å². The normalized spacial score (nSPS) is 11.3. The van der Waals surface area contributed by atoms with Crippen molar-refractivity contribution in [1.29, 1.82) is 0 Å². The molecule has 7 heteroatoms. The molecule has 0 N–H and O–H groups in total. The summed E-state index contributed by atoms with van der Waals surface area (Å²) in [7, 11) is -3.84. The molecule has 0 fully saturated rings. The fourth-order valence-electron chi connectivity index (χ4n) is 2.14. The Bertz CT molecular complexity index is 1020. The number of benzene rings is 2. The number of furan rings is 1. The van der Waals surface area contributed by atoms with Gasteiger partial charge in [0.05, 0.1) is 4.90 Å². The quantitative estimate of drug-likeness (QED) is 0.461. The van der Waals surface area contributed by atoms with Gasteiger partial charge in [-0.25, -0.2) is 13.2 Å². The third-order valence-corrected chi connectivity index (χ3v) is 5.54. The topological polar surface area (TPSA) is 73.6 Å². The number of hydrogen-bond donors (Lipinski definition) is 0. The van der Waals surface area contributed by atoms with Gasteiger partial charge in [-0.3, -0.25) is 0 Å². The molecule has 2 aromatic carbocycles. The predicted octanol–water partition coefficient (Wildman–Crippen LogP) is 4.40. The Morgan fingerprint density at radius 1 is 1.04 bits per heavy atom. The molecule has 1 heterocycles. The summed E-state index contributed by atoms with van der Waals surface area (Å²) < 4.78 is 36.2. The summed E-state index contributed by atoms with van der Waals surface area (Å²) >= 11 is 3.25. The van der Waals surface area contributed by atoms with E-state index in [0.717, 1.165) is 10.0 Å². The molecule has 1 aromatic heterocycles. The van der Waals surface area contributed by atoms with E-state index in [9.17, 15) is 13.2 Å². The van der Waals surface area contributed by atoms with Crippen LogP contribution >= 0.6 is 15.9 Å². The van der Waals surface area contributed by atoms with E-state index in [1.54, 1.807) is 30.3 Å². The maximum atomic E-state index is 12.5. The first-order valence-electron chi connectivity index (χ1n) is 7.25. The first kappa shape index (κ1) is 17.4. The molecule has 0 aliphatic rings. The summed E-state index contributed by atoms with van der Waals surface area (Å²) in [6.45, 7) is 1.87. The van der Waals surface area contributed by atoms with Crippen molar-refractivity contribution in [2.45, 2.75) is 16.9 Å². The van der Waals surface area contributed by atoms with Crippen molar-refractivity contribution in [2.75, 3.05) is 0 Å². The Morgan fingerprint density at radius 3 is 2.44 bits per heavy atom. The van der Waals surface area contributed by atoms with Crippen LogP contribution in [0.3, 0.4) is 0 Å². The van der Waals surface area contributed by atoms with Crippen LogP contribution in [0.4, 0.5) is 0 Å². The summed E-state index contributed by atoms with van der Waals surface area (Å²) in [6, 6.07) is 15.6. The maximum Gasteiger partial charge on any atom is 0.379 e. The summed E-state index contributed by atoms with van der Waals surface area (Å²) in [5.41, 5.74) is 0.934. The molecule has 0 aliphatic heterocycles. The van der Waals surface area contributed by atoms with E-state index >= 15 is 0 Å². The number of carbonyl (C=O) groups is 1. The second kappa shape index (κ2) is 6.85. The number of esters is 1. The molecule has 5 nitrogen and oxygen atoms in total. The van der Waals surface area contributed by atoms with Gasteiger partial charge < -0.3 is 9.15 Å². The van der Waals surface area contributed by atoms with E-state index in [1.807, 2.05) is 13.0 Å². The monoisotopic (exact) mass is 420 g/mol. The molecule has 3 rings (SSSR count). The molecule has 0 saturated carbocycles. The van der Waals surface area contributed by atoms with E-state index in [-0.39, 0.29) is 15.7 Å². The van der Waals surface area contributed by atoms with Gasteiger partial charge in [-0.2, -0.15) is 0 Å². The summed E-state index contributed by atoms with van der Waals surface area (Å²) in [5, 5.41) is -0.314. The van der Waals surface area contributed by atoms with Crippen molar-refractivity contribution >= 4 is 31.7 Å². The molecular formula is C18H13BrO5S. The third-order valence-electron chi connectivity index (χ3n) is 3.37. The van der Waals surface area contributed by atoms with Gasteiger partial charge in [0.15, 0.2) is 0 Å². The highest BCUT2D eigenvalue weighted by molar-refractivity contribution is 9.10. The highest BCUT2D eigenvalue weighted by Crippen LogP contribution is 2.25. The minimum atomic E-state index is -3.84. The van der Waals surface area contributed by atoms with Gasteiger partial charge in [-0.05, 0) is 61.0 Å². The van der Waals surface area contributed by atoms with E-state index in [1.165, 1.54) is 24.3 Å². The lowest BCUT2D eigenvalue weighted by molar-refractivity contribution is 0.0695. The number of sulfone groups is 1. The number of halogens is 1. The zero-order chi connectivity index (χ0) is 18.0. The minimum absolute atomic E-state index is 0.0728. The summed E-state index contributed by atoms with van der Waals surface area (Å²) in [5.74, 6) is -0.584. The lowest BCUT2D eigenvalue weighted by atomic mass is 10.2. The van der Waals surface area contributed by atoms with Crippen LogP contribution in [0.25, 0.3) is 0 Å². The lowest BCUT2D eigenvalue weighted by Crippen LogP contribution is -2.07. The third kappa shape index (κ3) is 3.83. The average molecular weight is 421 g/mol. The summed E-state index contributed by atoms with van der Waals surface area (Å²) in [4.78, 5) is 12.2. The molecule has 0 spiro atoms. The lowest BCUT2D eigenvalue weighted by Gasteiger charge is -2.03. The zero-order valence-corrected chi connectivity index (χ0v) is 15.5. The Hall–Kier alpha value is -2.38. The van der Waals surface area contributed by atoms with Crippen LogP contribution in [0.1, 0.15) is 16.1 Å². The average Bonchev–Trinajstić information content (AvgIpc) is 3.06. The number of ether oxygens (including phenoxy) is 1. The molecule has 0 aliphatic carbocycles. The van der Waals surface area contributed by atoms with Crippen LogP contribution in [-0.4, -0.2) is 14.4 Å². The van der Waals surface area contributed by atoms with Crippen molar-refractivity contribution in [3.05, 3.63) is 76.5 Å². The van der Waals surface area contributed by atoms with Crippen molar-refractivity contribution in [1.82, 2.24) is 0 Å². The summed E-state index contributed by atoms with van der Waals surface area (Å²) in [6.07, 6.45) is 0. The van der Waals surface area contributed by atoms with Gasteiger partial charge in [-0.1, -0.05) is 28.1 Å². The van der Waals surface area contributed by atoms with E-state index in [0.29, 0.717) is 5.75 Å².